The Labute approximate surface area is 158 Å². The van der Waals surface area contributed by atoms with Crippen LogP contribution in [0, 0.1) is 11.3 Å². The smallest absolute Gasteiger partial charge is 0.222 e. The van der Waals surface area contributed by atoms with Gasteiger partial charge in [0.2, 0.25) is 11.8 Å². The van der Waals surface area contributed by atoms with Crippen LogP contribution in [0.25, 0.3) is 0 Å². The van der Waals surface area contributed by atoms with Crippen molar-refractivity contribution in [3.05, 3.63) is 0 Å². The Hall–Kier alpha value is -1.10. The highest BCUT2D eigenvalue weighted by Crippen LogP contribution is 2.41. The lowest BCUT2D eigenvalue weighted by Gasteiger charge is -2.41. The van der Waals surface area contributed by atoms with Crippen LogP contribution in [0.3, 0.4) is 0 Å². The van der Waals surface area contributed by atoms with Crippen LogP contribution in [0.15, 0.2) is 0 Å². The number of amides is 2. The van der Waals surface area contributed by atoms with E-state index in [1.165, 1.54) is 25.7 Å². The predicted octanol–water partition coefficient (Wildman–Crippen LogP) is 3.22. The minimum Gasteiger partial charge on any atom is -0.383 e. The first-order valence-corrected chi connectivity index (χ1v) is 10.7. The largest absolute Gasteiger partial charge is 0.383 e. The maximum atomic E-state index is 12.6. The quantitative estimate of drug-likeness (QED) is 0.727. The lowest BCUT2D eigenvalue weighted by molar-refractivity contribution is -0.134. The molecular formula is C21H36N2O3. The molecule has 0 radical (unpaired) electrons. The van der Waals surface area contributed by atoms with Crippen molar-refractivity contribution in [2.75, 3.05) is 39.9 Å². The van der Waals surface area contributed by atoms with E-state index in [0.717, 1.165) is 64.1 Å². The summed E-state index contributed by atoms with van der Waals surface area (Å²) in [6.45, 7) is 3.93. The molecule has 0 aromatic heterocycles. The van der Waals surface area contributed by atoms with Gasteiger partial charge in [-0.3, -0.25) is 9.59 Å². The average molecular weight is 365 g/mol. The Balaban J connectivity index is 1.44. The molecule has 3 rings (SSSR count). The Kier molecular flexibility index (Phi) is 6.96. The van der Waals surface area contributed by atoms with E-state index in [1.54, 1.807) is 7.11 Å². The van der Waals surface area contributed by atoms with Crippen LogP contribution in [0.4, 0.5) is 0 Å². The molecule has 0 unspecified atom stereocenters. The molecule has 5 nitrogen and oxygen atoms in total. The van der Waals surface area contributed by atoms with E-state index in [9.17, 15) is 9.59 Å². The highest BCUT2D eigenvalue weighted by molar-refractivity contribution is 5.77. The van der Waals surface area contributed by atoms with Crippen molar-refractivity contribution in [2.24, 2.45) is 11.3 Å². The van der Waals surface area contributed by atoms with Gasteiger partial charge in [-0.25, -0.2) is 0 Å². The molecule has 0 aromatic rings. The van der Waals surface area contributed by atoms with Crippen molar-refractivity contribution in [1.29, 1.82) is 0 Å². The summed E-state index contributed by atoms with van der Waals surface area (Å²) in [7, 11) is 1.68. The summed E-state index contributed by atoms with van der Waals surface area (Å²) in [5.41, 5.74) is 0.264. The molecule has 2 aliphatic heterocycles. The number of ether oxygens (including phenoxy) is 1. The Bertz CT molecular complexity index is 480. The lowest BCUT2D eigenvalue weighted by Crippen LogP contribution is -2.43. The molecule has 1 spiro atoms. The Morgan fingerprint density at radius 3 is 2.50 bits per heavy atom. The van der Waals surface area contributed by atoms with Crippen LogP contribution >= 0.6 is 0 Å². The molecule has 0 bridgehead atoms. The maximum Gasteiger partial charge on any atom is 0.222 e. The van der Waals surface area contributed by atoms with Crippen LogP contribution in [0.1, 0.15) is 70.6 Å². The Morgan fingerprint density at radius 2 is 1.81 bits per heavy atom. The van der Waals surface area contributed by atoms with E-state index >= 15 is 0 Å². The minimum absolute atomic E-state index is 0.264. The number of carbonyl (C=O) groups excluding carboxylic acids is 2. The van der Waals surface area contributed by atoms with Crippen molar-refractivity contribution in [1.82, 2.24) is 9.80 Å². The fourth-order valence-electron chi connectivity index (χ4n) is 5.11. The third-order valence-corrected chi connectivity index (χ3v) is 7.12. The van der Waals surface area contributed by atoms with Gasteiger partial charge in [-0.1, -0.05) is 25.7 Å². The summed E-state index contributed by atoms with van der Waals surface area (Å²) in [5, 5.41) is 0. The number of piperidine rings is 1. The van der Waals surface area contributed by atoms with E-state index in [-0.39, 0.29) is 11.3 Å². The second-order valence-electron chi connectivity index (χ2n) is 8.69. The average Bonchev–Trinajstić information content (AvgIpc) is 3.13. The number of rotatable bonds is 6. The molecule has 5 heteroatoms. The molecular weight excluding hydrogens is 328 g/mol. The van der Waals surface area contributed by atoms with Gasteiger partial charge in [0.1, 0.15) is 0 Å². The first-order chi connectivity index (χ1) is 12.6. The molecule has 0 N–H and O–H groups in total. The highest BCUT2D eigenvalue weighted by atomic mass is 16.5. The first kappa shape index (κ1) is 19.7. The summed E-state index contributed by atoms with van der Waals surface area (Å²) in [5.74, 6) is 1.42. The zero-order chi connectivity index (χ0) is 18.4. The fraction of sp³-hybridized carbons (Fsp3) is 0.905. The number of hydrogen-bond acceptors (Lipinski definition) is 3. The normalized spacial score (nSPS) is 24.3. The van der Waals surface area contributed by atoms with Crippen molar-refractivity contribution in [3.8, 4) is 0 Å². The molecule has 2 heterocycles. The summed E-state index contributed by atoms with van der Waals surface area (Å²) in [6.07, 6.45) is 12.0. The number of hydrogen-bond donors (Lipinski definition) is 0. The lowest BCUT2D eigenvalue weighted by atomic mass is 9.73. The molecule has 1 saturated carbocycles. The number of carbonyl (C=O) groups is 2. The number of likely N-dealkylation sites (tertiary alicyclic amines) is 2. The van der Waals surface area contributed by atoms with Gasteiger partial charge in [0.15, 0.2) is 0 Å². The monoisotopic (exact) mass is 364 g/mol. The van der Waals surface area contributed by atoms with Gasteiger partial charge in [-0.2, -0.15) is 0 Å². The van der Waals surface area contributed by atoms with Gasteiger partial charge in [0.05, 0.1) is 6.61 Å². The van der Waals surface area contributed by atoms with Crippen LogP contribution < -0.4 is 0 Å². The fourth-order valence-corrected chi connectivity index (χ4v) is 5.11. The SMILES string of the molecule is COCCN1CCC2(CCC1=O)CCN(C(=O)CCC1CCCC1)CC2. The topological polar surface area (TPSA) is 49.9 Å². The standard InChI is InChI=1S/C21H36N2O3/c1-26-17-16-23-15-12-21(9-8-20(23)25)10-13-22(14-11-21)19(24)7-6-18-4-2-3-5-18/h18H,2-17H2,1H3. The van der Waals surface area contributed by atoms with Crippen molar-refractivity contribution < 1.29 is 14.3 Å². The summed E-state index contributed by atoms with van der Waals surface area (Å²) < 4.78 is 5.13. The molecule has 2 amide bonds. The third kappa shape index (κ3) is 4.99. The molecule has 0 atom stereocenters. The van der Waals surface area contributed by atoms with Crippen LogP contribution in [-0.2, 0) is 14.3 Å². The molecule has 2 saturated heterocycles. The third-order valence-electron chi connectivity index (χ3n) is 7.12. The van der Waals surface area contributed by atoms with Gasteiger partial charge >= 0.3 is 0 Å². The predicted molar refractivity (Wildman–Crippen MR) is 102 cm³/mol. The van der Waals surface area contributed by atoms with Gasteiger partial charge in [-0.15, -0.1) is 0 Å². The van der Waals surface area contributed by atoms with Gasteiger partial charge < -0.3 is 14.5 Å². The van der Waals surface area contributed by atoms with Crippen molar-refractivity contribution >= 4 is 11.8 Å². The van der Waals surface area contributed by atoms with Crippen molar-refractivity contribution in [3.63, 3.8) is 0 Å². The zero-order valence-corrected chi connectivity index (χ0v) is 16.5. The van der Waals surface area contributed by atoms with Crippen LogP contribution in [0.2, 0.25) is 0 Å². The van der Waals surface area contributed by atoms with Gasteiger partial charge in [-0.05, 0) is 43.4 Å². The number of nitrogens with zero attached hydrogens (tertiary/aromatic N) is 2. The minimum atomic E-state index is 0.264. The maximum absolute atomic E-state index is 12.6. The highest BCUT2D eigenvalue weighted by Gasteiger charge is 2.38. The molecule has 3 aliphatic rings. The van der Waals surface area contributed by atoms with Gasteiger partial charge in [0, 0.05) is 46.1 Å². The Morgan fingerprint density at radius 1 is 1.12 bits per heavy atom. The summed E-state index contributed by atoms with van der Waals surface area (Å²) in [4.78, 5) is 29.0. The van der Waals surface area contributed by atoms with E-state index < -0.39 is 0 Å². The molecule has 0 aromatic carbocycles. The van der Waals surface area contributed by atoms with Gasteiger partial charge in [0.25, 0.3) is 0 Å². The van der Waals surface area contributed by atoms with E-state index in [4.69, 9.17) is 4.74 Å². The molecule has 148 valence electrons. The summed E-state index contributed by atoms with van der Waals surface area (Å²) in [6, 6.07) is 0. The van der Waals surface area contributed by atoms with Crippen molar-refractivity contribution in [2.45, 2.75) is 70.6 Å². The first-order valence-electron chi connectivity index (χ1n) is 10.7. The molecule has 26 heavy (non-hydrogen) atoms. The van der Waals surface area contributed by atoms with E-state index in [1.807, 2.05) is 4.90 Å². The second kappa shape index (κ2) is 9.20. The number of methoxy groups -OCH3 is 1. The molecule has 3 fully saturated rings. The van der Waals surface area contributed by atoms with Crippen LogP contribution in [0.5, 0.6) is 0 Å². The molecule has 1 aliphatic carbocycles. The summed E-state index contributed by atoms with van der Waals surface area (Å²) >= 11 is 0. The van der Waals surface area contributed by atoms with E-state index in [0.29, 0.717) is 25.5 Å². The van der Waals surface area contributed by atoms with Crippen LogP contribution in [-0.4, -0.2) is 61.5 Å². The second-order valence-corrected chi connectivity index (χ2v) is 8.69. The van der Waals surface area contributed by atoms with E-state index in [2.05, 4.69) is 4.90 Å². The zero-order valence-electron chi connectivity index (χ0n) is 16.5.